The second-order valence-corrected chi connectivity index (χ2v) is 10.4. The standard InChI is InChI=1S/C26H32N6O2S/c1-17(16-32(4)5)35(33)22-12-10-20(11-13-22)23-15-30-18(2)24(31-23)26(28)34-25(27)21-8-6-19(7-9-21)14-29-3/h6-13,15,17,27-29H,14,16H2,1-5H3. The van der Waals surface area contributed by atoms with Crippen molar-refractivity contribution in [3.8, 4) is 11.3 Å². The van der Waals surface area contributed by atoms with Crippen LogP contribution in [-0.4, -0.2) is 63.8 Å². The maximum absolute atomic E-state index is 12.8. The van der Waals surface area contributed by atoms with Crippen LogP contribution in [0.15, 0.2) is 59.6 Å². The van der Waals surface area contributed by atoms with Gasteiger partial charge in [0.25, 0.3) is 0 Å². The SMILES string of the molecule is CNCc1ccc(C(=N)OC(=N)c2nc(-c3ccc(S(=O)C(C)CN(C)C)cc3)cnc2C)cc1. The van der Waals surface area contributed by atoms with Crippen LogP contribution in [0.5, 0.6) is 0 Å². The van der Waals surface area contributed by atoms with Crippen LogP contribution in [0.25, 0.3) is 11.3 Å². The van der Waals surface area contributed by atoms with Crippen LogP contribution in [0.4, 0.5) is 0 Å². The van der Waals surface area contributed by atoms with Crippen LogP contribution in [0.3, 0.4) is 0 Å². The lowest BCUT2D eigenvalue weighted by Crippen LogP contribution is -2.27. The summed E-state index contributed by atoms with van der Waals surface area (Å²) in [6.45, 7) is 5.19. The number of rotatable bonds is 9. The minimum Gasteiger partial charge on any atom is -0.419 e. The molecule has 2 aromatic carbocycles. The Morgan fingerprint density at radius 1 is 1.09 bits per heavy atom. The first-order valence-corrected chi connectivity index (χ1v) is 12.5. The van der Waals surface area contributed by atoms with Crippen LogP contribution >= 0.6 is 0 Å². The predicted molar refractivity (Wildman–Crippen MR) is 141 cm³/mol. The Morgan fingerprint density at radius 2 is 1.74 bits per heavy atom. The topological polar surface area (TPSA) is 115 Å². The molecule has 2 unspecified atom stereocenters. The number of aryl methyl sites for hydroxylation is 1. The van der Waals surface area contributed by atoms with E-state index in [0.29, 0.717) is 17.0 Å². The molecule has 0 radical (unpaired) electrons. The molecule has 0 fully saturated rings. The highest BCUT2D eigenvalue weighted by Gasteiger charge is 2.17. The lowest BCUT2D eigenvalue weighted by molar-refractivity contribution is 0.410. The van der Waals surface area contributed by atoms with Gasteiger partial charge in [0, 0.05) is 34.4 Å². The first kappa shape index (κ1) is 26.3. The lowest BCUT2D eigenvalue weighted by Gasteiger charge is -2.16. The average molecular weight is 493 g/mol. The molecule has 2 atom stereocenters. The second-order valence-electron chi connectivity index (χ2n) is 8.57. The summed E-state index contributed by atoms with van der Waals surface area (Å²) in [6.07, 6.45) is 1.64. The van der Waals surface area contributed by atoms with Crippen LogP contribution in [0.2, 0.25) is 0 Å². The number of nitrogens with zero attached hydrogens (tertiary/aromatic N) is 3. The Bertz CT molecular complexity index is 1210. The number of hydrogen-bond acceptors (Lipinski definition) is 8. The Balaban J connectivity index is 1.75. The molecule has 0 aliphatic rings. The molecule has 0 aliphatic carbocycles. The van der Waals surface area contributed by atoms with Crippen molar-refractivity contribution in [2.75, 3.05) is 27.7 Å². The molecule has 0 bridgehead atoms. The van der Waals surface area contributed by atoms with Gasteiger partial charge in [-0.15, -0.1) is 0 Å². The van der Waals surface area contributed by atoms with E-state index < -0.39 is 10.8 Å². The van der Waals surface area contributed by atoms with Crippen molar-refractivity contribution in [1.29, 1.82) is 10.8 Å². The van der Waals surface area contributed by atoms with Crippen molar-refractivity contribution in [2.45, 2.75) is 30.5 Å². The summed E-state index contributed by atoms with van der Waals surface area (Å²) in [5.74, 6) is -0.368. The zero-order valence-electron chi connectivity index (χ0n) is 20.8. The van der Waals surface area contributed by atoms with E-state index in [2.05, 4.69) is 15.3 Å². The van der Waals surface area contributed by atoms with Gasteiger partial charge >= 0.3 is 0 Å². The molecule has 0 amide bonds. The van der Waals surface area contributed by atoms with Gasteiger partial charge in [0.1, 0.15) is 5.69 Å². The fourth-order valence-corrected chi connectivity index (χ4v) is 4.87. The molecule has 35 heavy (non-hydrogen) atoms. The van der Waals surface area contributed by atoms with Gasteiger partial charge in [0.05, 0.1) is 28.4 Å². The molecule has 3 rings (SSSR count). The summed E-state index contributed by atoms with van der Waals surface area (Å²) < 4.78 is 18.3. The molecule has 184 valence electrons. The Hall–Kier alpha value is -3.27. The van der Waals surface area contributed by atoms with Crippen molar-refractivity contribution in [3.63, 3.8) is 0 Å². The first-order chi connectivity index (χ1) is 16.7. The molecule has 1 aromatic heterocycles. The van der Waals surface area contributed by atoms with Crippen LogP contribution in [0, 0.1) is 17.7 Å². The molecule has 9 heteroatoms. The van der Waals surface area contributed by atoms with Crippen molar-refractivity contribution in [3.05, 3.63) is 77.2 Å². The van der Waals surface area contributed by atoms with E-state index in [9.17, 15) is 4.21 Å². The van der Waals surface area contributed by atoms with E-state index >= 15 is 0 Å². The van der Waals surface area contributed by atoms with E-state index in [-0.39, 0.29) is 22.7 Å². The molecular weight excluding hydrogens is 460 g/mol. The van der Waals surface area contributed by atoms with Gasteiger partial charge in [0.2, 0.25) is 11.8 Å². The van der Waals surface area contributed by atoms with Gasteiger partial charge in [-0.3, -0.25) is 20.0 Å². The summed E-state index contributed by atoms with van der Waals surface area (Å²) in [6, 6.07) is 14.8. The van der Waals surface area contributed by atoms with E-state index in [1.165, 1.54) is 0 Å². The quantitative estimate of drug-likeness (QED) is 0.311. The maximum atomic E-state index is 12.8. The van der Waals surface area contributed by atoms with Crippen molar-refractivity contribution in [2.24, 2.45) is 0 Å². The van der Waals surface area contributed by atoms with Gasteiger partial charge in [-0.2, -0.15) is 0 Å². The molecule has 1 heterocycles. The third kappa shape index (κ3) is 6.88. The van der Waals surface area contributed by atoms with Gasteiger partial charge in [-0.05, 0) is 64.8 Å². The zero-order chi connectivity index (χ0) is 25.5. The maximum Gasteiger partial charge on any atom is 0.241 e. The van der Waals surface area contributed by atoms with Crippen LogP contribution in [-0.2, 0) is 22.1 Å². The summed E-state index contributed by atoms with van der Waals surface area (Å²) in [4.78, 5) is 11.7. The summed E-state index contributed by atoms with van der Waals surface area (Å²) in [7, 11) is 4.69. The van der Waals surface area contributed by atoms with Crippen LogP contribution < -0.4 is 5.32 Å². The van der Waals surface area contributed by atoms with Gasteiger partial charge in [0.15, 0.2) is 0 Å². The Labute approximate surface area is 209 Å². The van der Waals surface area contributed by atoms with Gasteiger partial charge in [-0.1, -0.05) is 24.3 Å². The minimum absolute atomic E-state index is 0.00840. The largest absolute Gasteiger partial charge is 0.419 e. The highest BCUT2D eigenvalue weighted by molar-refractivity contribution is 7.85. The molecule has 0 aliphatic heterocycles. The third-order valence-corrected chi connectivity index (χ3v) is 6.96. The normalized spacial score (nSPS) is 12.9. The number of aromatic nitrogens is 2. The fourth-order valence-electron chi connectivity index (χ4n) is 3.56. The Kier molecular flexibility index (Phi) is 8.97. The van der Waals surface area contributed by atoms with Crippen LogP contribution in [0.1, 0.15) is 29.4 Å². The number of nitrogens with one attached hydrogen (secondary N) is 3. The number of ether oxygens (including phenoxy) is 1. The fraction of sp³-hybridized carbons (Fsp3) is 0.308. The Morgan fingerprint density at radius 3 is 2.34 bits per heavy atom. The van der Waals surface area contributed by atoms with Gasteiger partial charge < -0.3 is 15.0 Å². The lowest BCUT2D eigenvalue weighted by atomic mass is 10.1. The minimum atomic E-state index is -1.12. The highest BCUT2D eigenvalue weighted by atomic mass is 32.2. The molecule has 3 aromatic rings. The van der Waals surface area contributed by atoms with Crippen molar-refractivity contribution in [1.82, 2.24) is 20.2 Å². The second kappa shape index (κ2) is 11.9. The van der Waals surface area contributed by atoms with Gasteiger partial charge in [-0.25, -0.2) is 4.98 Å². The highest BCUT2D eigenvalue weighted by Crippen LogP contribution is 2.21. The number of hydrogen-bond donors (Lipinski definition) is 3. The molecule has 0 saturated carbocycles. The zero-order valence-corrected chi connectivity index (χ0v) is 21.6. The molecule has 3 N–H and O–H groups in total. The smallest absolute Gasteiger partial charge is 0.241 e. The predicted octanol–water partition coefficient (Wildman–Crippen LogP) is 3.60. The van der Waals surface area contributed by atoms with E-state index in [1.807, 2.05) is 69.4 Å². The molecule has 0 spiro atoms. The van der Waals surface area contributed by atoms with E-state index in [4.69, 9.17) is 15.6 Å². The monoisotopic (exact) mass is 492 g/mol. The van der Waals surface area contributed by atoms with E-state index in [1.54, 1.807) is 25.3 Å². The average Bonchev–Trinajstić information content (AvgIpc) is 2.84. The number of benzene rings is 2. The first-order valence-electron chi connectivity index (χ1n) is 11.3. The molecule has 8 nitrogen and oxygen atoms in total. The molecular formula is C26H32N6O2S. The summed E-state index contributed by atoms with van der Waals surface area (Å²) >= 11 is 0. The van der Waals surface area contributed by atoms with Crippen molar-refractivity contribution >= 4 is 22.6 Å². The van der Waals surface area contributed by atoms with E-state index in [0.717, 1.165) is 29.1 Å². The summed E-state index contributed by atoms with van der Waals surface area (Å²) in [5, 5.41) is 19.7. The third-order valence-electron chi connectivity index (χ3n) is 5.34. The molecule has 0 saturated heterocycles. The summed E-state index contributed by atoms with van der Waals surface area (Å²) in [5.41, 5.74) is 3.83. The van der Waals surface area contributed by atoms with Crippen molar-refractivity contribution < 1.29 is 8.95 Å².